The fraction of sp³-hybridized carbons (Fsp3) is 0.217. The maximum absolute atomic E-state index is 12.8. The van der Waals surface area contributed by atoms with E-state index in [2.05, 4.69) is 23.0 Å². The molecule has 154 valence electrons. The number of aromatic nitrogens is 3. The molecule has 1 aliphatic rings. The van der Waals surface area contributed by atoms with Crippen LogP contribution < -0.4 is 0 Å². The van der Waals surface area contributed by atoms with Gasteiger partial charge in [0, 0.05) is 42.9 Å². The van der Waals surface area contributed by atoms with Crippen LogP contribution in [0.1, 0.15) is 15.9 Å². The molecule has 5 rings (SSSR count). The summed E-state index contributed by atoms with van der Waals surface area (Å²) in [5.74, 6) is 0.0803. The highest BCUT2D eigenvalue weighted by Gasteiger charge is 2.20. The molecule has 0 N–H and O–H groups in total. The Hall–Kier alpha value is -3.54. The van der Waals surface area contributed by atoms with Crippen LogP contribution in [-0.4, -0.2) is 63.5 Å². The Morgan fingerprint density at radius 3 is 2.35 bits per heavy atom. The molecule has 0 spiro atoms. The van der Waals surface area contributed by atoms with Crippen LogP contribution in [0.25, 0.3) is 26.8 Å². The van der Waals surface area contributed by atoms with Crippen LogP contribution in [0.4, 0.5) is 0 Å². The van der Waals surface area contributed by atoms with Crippen molar-refractivity contribution in [2.75, 3.05) is 33.2 Å². The zero-order valence-corrected chi connectivity index (χ0v) is 17.8. The lowest BCUT2D eigenvalue weighted by atomic mass is 10.1. The minimum atomic E-state index is 0.0803. The highest BCUT2D eigenvalue weighted by atomic mass is 32.1. The number of benzene rings is 2. The largest absolute Gasteiger partial charge is 0.336 e. The van der Waals surface area contributed by atoms with Gasteiger partial charge in [-0.15, -0.1) is 0 Å². The third kappa shape index (κ3) is 3.69. The second-order valence-corrected chi connectivity index (χ2v) is 8.56. The monoisotopic (exact) mass is 428 g/mol. The molecule has 0 aliphatic carbocycles. The second kappa shape index (κ2) is 7.95. The van der Waals surface area contributed by atoms with Gasteiger partial charge in [-0.3, -0.25) is 4.79 Å². The lowest BCUT2D eigenvalue weighted by Gasteiger charge is -2.32. The first kappa shape index (κ1) is 19.4. The van der Waals surface area contributed by atoms with E-state index in [0.29, 0.717) is 11.1 Å². The van der Waals surface area contributed by atoms with Gasteiger partial charge in [0.1, 0.15) is 5.01 Å². The normalized spacial score (nSPS) is 14.6. The highest BCUT2D eigenvalue weighted by molar-refractivity contribution is 7.19. The van der Waals surface area contributed by atoms with E-state index in [9.17, 15) is 4.79 Å². The number of nitrogens with zero attached hydrogens (tertiary/aromatic N) is 6. The van der Waals surface area contributed by atoms with Crippen molar-refractivity contribution in [3.8, 4) is 27.9 Å². The van der Waals surface area contributed by atoms with E-state index in [0.717, 1.165) is 53.0 Å². The number of piperazine rings is 1. The molecule has 0 radical (unpaired) electrons. The minimum Gasteiger partial charge on any atom is -0.336 e. The van der Waals surface area contributed by atoms with Crippen LogP contribution >= 0.6 is 11.3 Å². The topological polar surface area (TPSA) is 77.5 Å². The molecular formula is C23H20N6OS. The SMILES string of the molecule is CN1CCN(C(=O)c2ccc(-c3nn4c(-c5ccc(C#N)cc5)cnc4s3)cc2)CC1. The van der Waals surface area contributed by atoms with Gasteiger partial charge in [-0.2, -0.15) is 10.4 Å². The Morgan fingerprint density at radius 2 is 1.68 bits per heavy atom. The number of carbonyl (C=O) groups excluding carboxylic acids is 1. The van der Waals surface area contributed by atoms with Crippen molar-refractivity contribution in [2.45, 2.75) is 0 Å². The first-order valence-corrected chi connectivity index (χ1v) is 10.9. The van der Waals surface area contributed by atoms with E-state index in [-0.39, 0.29) is 5.91 Å². The molecule has 7 nitrogen and oxygen atoms in total. The van der Waals surface area contributed by atoms with Crippen LogP contribution in [-0.2, 0) is 0 Å². The van der Waals surface area contributed by atoms with Gasteiger partial charge in [-0.1, -0.05) is 35.6 Å². The summed E-state index contributed by atoms with van der Waals surface area (Å²) >= 11 is 1.50. The molecule has 8 heteroatoms. The summed E-state index contributed by atoms with van der Waals surface area (Å²) in [6, 6.07) is 17.2. The van der Waals surface area contributed by atoms with Gasteiger partial charge in [-0.05, 0) is 31.3 Å². The second-order valence-electron chi connectivity index (χ2n) is 7.61. The van der Waals surface area contributed by atoms with Crippen LogP contribution in [0, 0.1) is 11.3 Å². The van der Waals surface area contributed by atoms with Crippen LogP contribution in [0.3, 0.4) is 0 Å². The zero-order chi connectivity index (χ0) is 21.4. The first-order chi connectivity index (χ1) is 15.1. The smallest absolute Gasteiger partial charge is 0.253 e. The van der Waals surface area contributed by atoms with Crippen molar-refractivity contribution in [3.05, 3.63) is 65.9 Å². The number of hydrogen-bond donors (Lipinski definition) is 0. The molecule has 0 atom stereocenters. The van der Waals surface area contributed by atoms with Gasteiger partial charge in [0.2, 0.25) is 4.96 Å². The predicted octanol–water partition coefficient (Wildman–Crippen LogP) is 3.38. The van der Waals surface area contributed by atoms with Crippen molar-refractivity contribution in [1.29, 1.82) is 5.26 Å². The number of likely N-dealkylation sites (N-methyl/N-ethyl adjacent to an activating group) is 1. The molecular weight excluding hydrogens is 408 g/mol. The Balaban J connectivity index is 1.39. The predicted molar refractivity (Wildman–Crippen MR) is 120 cm³/mol. The Morgan fingerprint density at radius 1 is 1.00 bits per heavy atom. The minimum absolute atomic E-state index is 0.0803. The average molecular weight is 429 g/mol. The molecule has 1 aliphatic heterocycles. The summed E-state index contributed by atoms with van der Waals surface area (Å²) in [5, 5.41) is 14.6. The fourth-order valence-electron chi connectivity index (χ4n) is 3.67. The van der Waals surface area contributed by atoms with Crippen molar-refractivity contribution in [2.24, 2.45) is 0 Å². The molecule has 4 aromatic rings. The van der Waals surface area contributed by atoms with Crippen molar-refractivity contribution < 1.29 is 4.79 Å². The average Bonchev–Trinajstić information content (AvgIpc) is 3.40. The van der Waals surface area contributed by atoms with Gasteiger partial charge < -0.3 is 9.80 Å². The van der Waals surface area contributed by atoms with Gasteiger partial charge in [0.05, 0.1) is 23.5 Å². The summed E-state index contributed by atoms with van der Waals surface area (Å²) in [7, 11) is 2.08. The summed E-state index contributed by atoms with van der Waals surface area (Å²) in [4.78, 5) is 22.2. The number of nitriles is 1. The zero-order valence-electron chi connectivity index (χ0n) is 17.0. The van der Waals surface area contributed by atoms with E-state index < -0.39 is 0 Å². The summed E-state index contributed by atoms with van der Waals surface area (Å²) < 4.78 is 1.82. The lowest BCUT2D eigenvalue weighted by Crippen LogP contribution is -2.47. The number of fused-ring (bicyclic) bond motifs is 1. The van der Waals surface area contributed by atoms with Gasteiger partial charge >= 0.3 is 0 Å². The molecule has 31 heavy (non-hydrogen) atoms. The van der Waals surface area contributed by atoms with Crippen molar-refractivity contribution in [3.63, 3.8) is 0 Å². The van der Waals surface area contributed by atoms with E-state index >= 15 is 0 Å². The Labute approximate surface area is 183 Å². The lowest BCUT2D eigenvalue weighted by molar-refractivity contribution is 0.0664. The third-order valence-electron chi connectivity index (χ3n) is 5.56. The summed E-state index contributed by atoms with van der Waals surface area (Å²) in [6.07, 6.45) is 1.79. The number of rotatable bonds is 3. The van der Waals surface area contributed by atoms with E-state index in [1.807, 2.05) is 45.8 Å². The Kier molecular flexibility index (Phi) is 4.98. The Bertz CT molecular complexity index is 1270. The molecule has 0 bridgehead atoms. The number of imidazole rings is 1. The summed E-state index contributed by atoms with van der Waals surface area (Å²) in [6.45, 7) is 3.34. The molecule has 1 saturated heterocycles. The molecule has 0 saturated carbocycles. The van der Waals surface area contributed by atoms with Crippen LogP contribution in [0.5, 0.6) is 0 Å². The third-order valence-corrected chi connectivity index (χ3v) is 6.54. The van der Waals surface area contributed by atoms with Crippen LogP contribution in [0.15, 0.2) is 54.7 Å². The van der Waals surface area contributed by atoms with Crippen molar-refractivity contribution in [1.82, 2.24) is 24.4 Å². The number of amides is 1. The molecule has 2 aromatic carbocycles. The summed E-state index contributed by atoms with van der Waals surface area (Å²) in [5.41, 5.74) is 4.11. The number of hydrogen-bond acceptors (Lipinski definition) is 6. The molecule has 0 unspecified atom stereocenters. The highest BCUT2D eigenvalue weighted by Crippen LogP contribution is 2.29. The van der Waals surface area contributed by atoms with E-state index in [1.54, 1.807) is 18.3 Å². The van der Waals surface area contributed by atoms with Gasteiger partial charge in [-0.25, -0.2) is 9.50 Å². The van der Waals surface area contributed by atoms with E-state index in [1.165, 1.54) is 11.3 Å². The fourth-order valence-corrected chi connectivity index (χ4v) is 4.55. The first-order valence-electron chi connectivity index (χ1n) is 10.1. The van der Waals surface area contributed by atoms with Crippen LogP contribution in [0.2, 0.25) is 0 Å². The maximum atomic E-state index is 12.8. The molecule has 2 aromatic heterocycles. The van der Waals surface area contributed by atoms with E-state index in [4.69, 9.17) is 10.4 Å². The maximum Gasteiger partial charge on any atom is 0.253 e. The molecule has 1 amide bonds. The number of carbonyl (C=O) groups is 1. The quantitative estimate of drug-likeness (QED) is 0.500. The molecule has 1 fully saturated rings. The van der Waals surface area contributed by atoms with Crippen molar-refractivity contribution >= 4 is 22.2 Å². The van der Waals surface area contributed by atoms with Gasteiger partial charge in [0.15, 0.2) is 0 Å². The molecule has 3 heterocycles. The standard InChI is InChI=1S/C23H20N6OS/c1-27-10-12-28(13-11-27)22(30)19-8-6-18(7-9-19)21-26-29-20(15-25-23(29)31-21)17-4-2-16(14-24)3-5-17/h2-9,15H,10-13H2,1H3. The van der Waals surface area contributed by atoms with Gasteiger partial charge in [0.25, 0.3) is 5.91 Å².